The monoisotopic (exact) mass is 437 g/mol. The number of halogens is 2. The van der Waals surface area contributed by atoms with E-state index in [0.717, 1.165) is 5.56 Å². The van der Waals surface area contributed by atoms with Crippen LogP contribution in [0.2, 0.25) is 5.02 Å². The highest BCUT2D eigenvalue weighted by atomic mass is 79.9. The van der Waals surface area contributed by atoms with Crippen molar-refractivity contribution in [3.05, 3.63) is 57.0 Å². The number of carbonyl (C=O) groups is 2. The van der Waals surface area contributed by atoms with Gasteiger partial charge in [0, 0.05) is 11.4 Å². The number of anilines is 1. The molecule has 0 fully saturated rings. The molecule has 1 atom stereocenters. The Hall–Kier alpha value is -2.05. The van der Waals surface area contributed by atoms with Gasteiger partial charge in [-0.1, -0.05) is 29.8 Å². The van der Waals surface area contributed by atoms with E-state index >= 15 is 0 Å². The molecular formula is C19H17BrClNO4. The van der Waals surface area contributed by atoms with Gasteiger partial charge >= 0.3 is 5.97 Å². The standard InChI is InChI=1S/C19H17BrClNO4/c1-3-25-16-14(20)8-12(21)9-15(16)22-18(24)19(2)10-11-6-4-5-7-13(11)17(23)26-19/h4-9H,3,10H2,1-2H3,(H,22,24). The lowest BCUT2D eigenvalue weighted by molar-refractivity contribution is -0.134. The minimum absolute atomic E-state index is 0.284. The predicted molar refractivity (Wildman–Crippen MR) is 103 cm³/mol. The summed E-state index contributed by atoms with van der Waals surface area (Å²) >= 11 is 9.48. The van der Waals surface area contributed by atoms with Gasteiger partial charge in [0.1, 0.15) is 0 Å². The molecule has 0 bridgehead atoms. The highest BCUT2D eigenvalue weighted by molar-refractivity contribution is 9.10. The third kappa shape index (κ3) is 3.57. The number of benzene rings is 2. The number of ether oxygens (including phenoxy) is 2. The fraction of sp³-hybridized carbons (Fsp3) is 0.263. The third-order valence-corrected chi connectivity index (χ3v) is 4.92. The van der Waals surface area contributed by atoms with Gasteiger partial charge in [0.05, 0.1) is 22.3 Å². The molecule has 2 aromatic carbocycles. The van der Waals surface area contributed by atoms with Gasteiger partial charge in [-0.05, 0) is 53.5 Å². The van der Waals surface area contributed by atoms with Gasteiger partial charge in [0.25, 0.3) is 5.91 Å². The molecule has 5 nitrogen and oxygen atoms in total. The van der Waals surface area contributed by atoms with Gasteiger partial charge in [-0.15, -0.1) is 0 Å². The number of nitrogens with one attached hydrogen (secondary N) is 1. The van der Waals surface area contributed by atoms with Gasteiger partial charge in [-0.3, -0.25) is 4.79 Å². The Bertz CT molecular complexity index is 886. The summed E-state index contributed by atoms with van der Waals surface area (Å²) in [6, 6.07) is 10.4. The maximum absolute atomic E-state index is 12.9. The van der Waals surface area contributed by atoms with Crippen molar-refractivity contribution in [1.82, 2.24) is 0 Å². The lowest BCUT2D eigenvalue weighted by Crippen LogP contribution is -2.48. The second kappa shape index (κ2) is 7.29. The molecule has 0 saturated carbocycles. The van der Waals surface area contributed by atoms with Crippen molar-refractivity contribution in [3.63, 3.8) is 0 Å². The summed E-state index contributed by atoms with van der Waals surface area (Å²) in [6.07, 6.45) is 0.284. The molecule has 0 spiro atoms. The maximum atomic E-state index is 12.9. The molecule has 0 aromatic heterocycles. The number of fused-ring (bicyclic) bond motifs is 1. The second-order valence-electron chi connectivity index (χ2n) is 6.11. The van der Waals surface area contributed by atoms with Gasteiger partial charge in [0.2, 0.25) is 0 Å². The van der Waals surface area contributed by atoms with Crippen LogP contribution < -0.4 is 10.1 Å². The number of esters is 1. The zero-order chi connectivity index (χ0) is 18.9. The molecular weight excluding hydrogens is 422 g/mol. The first-order chi connectivity index (χ1) is 12.3. The molecule has 1 unspecified atom stereocenters. The van der Waals surface area contributed by atoms with Gasteiger partial charge in [-0.2, -0.15) is 0 Å². The Morgan fingerprint density at radius 2 is 2.12 bits per heavy atom. The lowest BCUT2D eigenvalue weighted by Gasteiger charge is -2.33. The minimum Gasteiger partial charge on any atom is -0.491 e. The number of hydrogen-bond acceptors (Lipinski definition) is 4. The molecule has 2 aromatic rings. The highest BCUT2D eigenvalue weighted by Gasteiger charge is 2.42. The molecule has 26 heavy (non-hydrogen) atoms. The van der Waals surface area contributed by atoms with E-state index in [1.807, 2.05) is 19.1 Å². The van der Waals surface area contributed by atoms with Crippen LogP contribution in [-0.2, 0) is 16.0 Å². The van der Waals surface area contributed by atoms with Crippen molar-refractivity contribution in [2.24, 2.45) is 0 Å². The topological polar surface area (TPSA) is 64.6 Å². The summed E-state index contributed by atoms with van der Waals surface area (Å²) in [5, 5.41) is 3.22. The smallest absolute Gasteiger partial charge is 0.339 e. The quantitative estimate of drug-likeness (QED) is 0.708. The molecule has 1 aliphatic heterocycles. The molecule has 0 saturated heterocycles. The van der Waals surface area contributed by atoms with Crippen LogP contribution in [0.3, 0.4) is 0 Å². The van der Waals surface area contributed by atoms with E-state index in [9.17, 15) is 9.59 Å². The Kier molecular flexibility index (Phi) is 5.25. The summed E-state index contributed by atoms with van der Waals surface area (Å²) in [7, 11) is 0. The van der Waals surface area contributed by atoms with Gasteiger partial charge < -0.3 is 14.8 Å². The summed E-state index contributed by atoms with van der Waals surface area (Å²) in [6.45, 7) is 3.85. The van der Waals surface area contributed by atoms with Crippen LogP contribution in [0.15, 0.2) is 40.9 Å². The SMILES string of the molecule is CCOc1c(Br)cc(Cl)cc1NC(=O)C1(C)Cc2ccccc2C(=O)O1. The van der Waals surface area contributed by atoms with Crippen molar-refractivity contribution in [2.45, 2.75) is 25.9 Å². The second-order valence-corrected chi connectivity index (χ2v) is 7.40. The van der Waals surface area contributed by atoms with Crippen molar-refractivity contribution in [3.8, 4) is 5.75 Å². The average Bonchev–Trinajstić information content (AvgIpc) is 2.57. The van der Waals surface area contributed by atoms with Crippen LogP contribution >= 0.6 is 27.5 Å². The van der Waals surface area contributed by atoms with E-state index in [-0.39, 0.29) is 6.42 Å². The largest absolute Gasteiger partial charge is 0.491 e. The average molecular weight is 439 g/mol. The highest BCUT2D eigenvalue weighted by Crippen LogP contribution is 2.38. The molecule has 1 aliphatic rings. The van der Waals surface area contributed by atoms with Crippen LogP contribution in [-0.4, -0.2) is 24.1 Å². The Labute approximate surface area is 164 Å². The fourth-order valence-corrected chi connectivity index (χ4v) is 3.78. The lowest BCUT2D eigenvalue weighted by atomic mass is 9.89. The van der Waals surface area contributed by atoms with Crippen molar-refractivity contribution >= 4 is 45.1 Å². The number of rotatable bonds is 4. The Balaban J connectivity index is 1.90. The zero-order valence-electron chi connectivity index (χ0n) is 14.3. The molecule has 0 radical (unpaired) electrons. The van der Waals surface area contributed by atoms with Crippen LogP contribution in [0.4, 0.5) is 5.69 Å². The van der Waals surface area contributed by atoms with Crippen LogP contribution in [0, 0.1) is 0 Å². The Morgan fingerprint density at radius 1 is 1.38 bits per heavy atom. The number of hydrogen-bond donors (Lipinski definition) is 1. The normalized spacial score (nSPS) is 18.7. The van der Waals surface area contributed by atoms with E-state index in [1.165, 1.54) is 0 Å². The first-order valence-electron chi connectivity index (χ1n) is 8.08. The summed E-state index contributed by atoms with van der Waals surface area (Å²) < 4.78 is 11.7. The third-order valence-electron chi connectivity index (χ3n) is 4.11. The van der Waals surface area contributed by atoms with E-state index in [4.69, 9.17) is 21.1 Å². The van der Waals surface area contributed by atoms with Crippen LogP contribution in [0.1, 0.15) is 29.8 Å². The van der Waals surface area contributed by atoms with E-state index in [2.05, 4.69) is 21.2 Å². The zero-order valence-corrected chi connectivity index (χ0v) is 16.6. The van der Waals surface area contributed by atoms with Gasteiger partial charge in [0.15, 0.2) is 11.4 Å². The molecule has 0 aliphatic carbocycles. The summed E-state index contributed by atoms with van der Waals surface area (Å²) in [5.41, 5.74) is 0.341. The van der Waals surface area contributed by atoms with Crippen LogP contribution in [0.5, 0.6) is 5.75 Å². The molecule has 1 N–H and O–H groups in total. The molecule has 7 heteroatoms. The summed E-state index contributed by atoms with van der Waals surface area (Å²) in [4.78, 5) is 25.2. The Morgan fingerprint density at radius 3 is 2.85 bits per heavy atom. The number of amides is 1. The molecule has 1 heterocycles. The molecule has 1 amide bonds. The summed E-state index contributed by atoms with van der Waals surface area (Å²) in [5.74, 6) is -0.492. The number of carbonyl (C=O) groups excluding carboxylic acids is 2. The van der Waals surface area contributed by atoms with Gasteiger partial charge in [-0.25, -0.2) is 4.79 Å². The van der Waals surface area contributed by atoms with E-state index < -0.39 is 17.5 Å². The van der Waals surface area contributed by atoms with Crippen molar-refractivity contribution in [2.75, 3.05) is 11.9 Å². The fourth-order valence-electron chi connectivity index (χ4n) is 2.86. The predicted octanol–water partition coefficient (Wildman–Crippen LogP) is 4.61. The number of cyclic esters (lactones) is 1. The van der Waals surface area contributed by atoms with Crippen LogP contribution in [0.25, 0.3) is 0 Å². The van der Waals surface area contributed by atoms with Crippen molar-refractivity contribution < 1.29 is 19.1 Å². The molecule has 136 valence electrons. The first-order valence-corrected chi connectivity index (χ1v) is 9.25. The van der Waals surface area contributed by atoms with E-state index in [1.54, 1.807) is 31.2 Å². The maximum Gasteiger partial charge on any atom is 0.339 e. The minimum atomic E-state index is -1.33. The van der Waals surface area contributed by atoms with E-state index in [0.29, 0.717) is 33.1 Å². The first kappa shape index (κ1) is 18.7. The van der Waals surface area contributed by atoms with Crippen molar-refractivity contribution in [1.29, 1.82) is 0 Å². The molecule has 3 rings (SSSR count).